The van der Waals surface area contributed by atoms with E-state index in [-0.39, 0.29) is 11.9 Å². The smallest absolute Gasteiger partial charge is 0.263 e. The van der Waals surface area contributed by atoms with Gasteiger partial charge in [0.25, 0.3) is 5.91 Å². The number of amides is 1. The Bertz CT molecular complexity index is 825. The van der Waals surface area contributed by atoms with Gasteiger partial charge >= 0.3 is 0 Å². The van der Waals surface area contributed by atoms with Crippen LogP contribution in [-0.2, 0) is 0 Å². The lowest BCUT2D eigenvalue weighted by Gasteiger charge is -2.17. The highest BCUT2D eigenvalue weighted by Gasteiger charge is 2.19. The molecule has 3 N–H and O–H groups in total. The van der Waals surface area contributed by atoms with Gasteiger partial charge in [-0.1, -0.05) is 29.5 Å². The van der Waals surface area contributed by atoms with Gasteiger partial charge in [0.2, 0.25) is 0 Å². The molecule has 0 saturated heterocycles. The number of aryl methyl sites for hydroxylation is 1. The normalized spacial score (nSPS) is 12.1. The van der Waals surface area contributed by atoms with Gasteiger partial charge in [-0.25, -0.2) is 9.67 Å². The van der Waals surface area contributed by atoms with Crippen molar-refractivity contribution in [1.29, 1.82) is 0 Å². The number of nitrogens with two attached hydrogens (primary N) is 1. The van der Waals surface area contributed by atoms with E-state index in [1.54, 1.807) is 17.8 Å². The Morgan fingerprint density at radius 2 is 2.13 bits per heavy atom. The highest BCUT2D eigenvalue weighted by atomic mass is 32.1. The van der Waals surface area contributed by atoms with Crippen LogP contribution in [-0.4, -0.2) is 20.7 Å². The summed E-state index contributed by atoms with van der Waals surface area (Å²) in [5.74, 6) is -0.167. The van der Waals surface area contributed by atoms with Gasteiger partial charge in [0.05, 0.1) is 17.4 Å². The molecular formula is C16H17N5OS. The van der Waals surface area contributed by atoms with E-state index in [0.29, 0.717) is 15.7 Å². The molecule has 1 amide bonds. The molecule has 2 aromatic heterocycles. The number of para-hydroxylation sites is 1. The van der Waals surface area contributed by atoms with Crippen molar-refractivity contribution < 1.29 is 4.79 Å². The largest absolute Gasteiger partial charge is 0.375 e. The third kappa shape index (κ3) is 3.09. The summed E-state index contributed by atoms with van der Waals surface area (Å²) in [6.45, 7) is 3.73. The Kier molecular flexibility index (Phi) is 4.12. The first-order valence-electron chi connectivity index (χ1n) is 7.19. The Hall–Kier alpha value is -2.67. The fraction of sp³-hybridized carbons (Fsp3) is 0.188. The van der Waals surface area contributed by atoms with Crippen molar-refractivity contribution in [3.63, 3.8) is 0 Å². The summed E-state index contributed by atoms with van der Waals surface area (Å²) in [6, 6.07) is 9.54. The highest BCUT2D eigenvalue weighted by molar-refractivity contribution is 7.17. The van der Waals surface area contributed by atoms with Crippen molar-refractivity contribution in [3.8, 4) is 5.69 Å². The lowest BCUT2D eigenvalue weighted by Crippen LogP contribution is -2.27. The van der Waals surface area contributed by atoms with Gasteiger partial charge in [-0.3, -0.25) is 4.79 Å². The Morgan fingerprint density at radius 3 is 2.78 bits per heavy atom. The first kappa shape index (κ1) is 15.2. The minimum atomic E-state index is -0.175. The first-order valence-corrected chi connectivity index (χ1v) is 8.00. The van der Waals surface area contributed by atoms with E-state index in [2.05, 4.69) is 15.4 Å². The minimum absolute atomic E-state index is 0.167. The average Bonchev–Trinajstić information content (AvgIpc) is 3.16. The number of benzene rings is 1. The molecule has 0 radical (unpaired) electrons. The summed E-state index contributed by atoms with van der Waals surface area (Å²) in [7, 11) is 0. The van der Waals surface area contributed by atoms with Crippen LogP contribution in [0, 0.1) is 6.92 Å². The molecule has 1 aromatic carbocycles. The molecule has 0 fully saturated rings. The number of hydrogen-bond donors (Lipinski definition) is 2. The summed E-state index contributed by atoms with van der Waals surface area (Å²) >= 11 is 1.20. The van der Waals surface area contributed by atoms with Crippen LogP contribution in [0.25, 0.3) is 5.69 Å². The molecule has 118 valence electrons. The second-order valence-corrected chi connectivity index (χ2v) is 6.20. The second-order valence-electron chi connectivity index (χ2n) is 5.17. The van der Waals surface area contributed by atoms with Crippen molar-refractivity contribution in [3.05, 3.63) is 58.9 Å². The van der Waals surface area contributed by atoms with E-state index in [4.69, 9.17) is 5.73 Å². The predicted octanol–water partition coefficient (Wildman–Crippen LogP) is 2.71. The van der Waals surface area contributed by atoms with Crippen LogP contribution in [0.2, 0.25) is 0 Å². The van der Waals surface area contributed by atoms with E-state index >= 15 is 0 Å². The monoisotopic (exact) mass is 327 g/mol. The molecule has 0 aliphatic rings. The molecule has 0 aliphatic carbocycles. The Labute approximate surface area is 138 Å². The molecule has 1 atom stereocenters. The van der Waals surface area contributed by atoms with Crippen LogP contribution < -0.4 is 11.1 Å². The molecule has 7 heteroatoms. The molecule has 0 bridgehead atoms. The third-order valence-electron chi connectivity index (χ3n) is 3.52. The molecule has 2 heterocycles. The van der Waals surface area contributed by atoms with Gasteiger partial charge in [0.1, 0.15) is 4.88 Å². The Morgan fingerprint density at radius 1 is 1.35 bits per heavy atom. The number of thiazole rings is 1. The van der Waals surface area contributed by atoms with E-state index < -0.39 is 0 Å². The maximum atomic E-state index is 12.4. The summed E-state index contributed by atoms with van der Waals surface area (Å²) in [5, 5.41) is 7.67. The number of carbonyl (C=O) groups excluding carboxylic acids is 1. The summed E-state index contributed by atoms with van der Waals surface area (Å²) in [4.78, 5) is 17.1. The average molecular weight is 327 g/mol. The fourth-order valence-corrected chi connectivity index (χ4v) is 3.18. The predicted molar refractivity (Wildman–Crippen MR) is 90.7 cm³/mol. The van der Waals surface area contributed by atoms with Gasteiger partial charge in [-0.15, -0.1) is 0 Å². The zero-order chi connectivity index (χ0) is 16.4. The Balaban J connectivity index is 1.85. The van der Waals surface area contributed by atoms with Crippen LogP contribution in [0.15, 0.2) is 42.7 Å². The maximum Gasteiger partial charge on any atom is 0.263 e. The molecule has 0 unspecified atom stereocenters. The van der Waals surface area contributed by atoms with Crippen LogP contribution in [0.4, 0.5) is 5.13 Å². The minimum Gasteiger partial charge on any atom is -0.375 e. The molecule has 0 aliphatic heterocycles. The number of rotatable bonds is 4. The fourth-order valence-electron chi connectivity index (χ4n) is 2.44. The standard InChI is InChI=1S/C16H17N5OS/c1-10(19-15(22)14-11(2)20-16(17)23-14)12-6-3-4-7-13(12)21-9-5-8-18-21/h3-10H,1-2H3,(H2,17,20)(H,19,22)/t10-/m0/s1. The van der Waals surface area contributed by atoms with Crippen molar-refractivity contribution in [1.82, 2.24) is 20.1 Å². The quantitative estimate of drug-likeness (QED) is 0.771. The molecular weight excluding hydrogens is 310 g/mol. The first-order chi connectivity index (χ1) is 11.1. The zero-order valence-corrected chi connectivity index (χ0v) is 13.7. The topological polar surface area (TPSA) is 85.8 Å². The molecule has 3 rings (SSSR count). The number of anilines is 1. The van der Waals surface area contributed by atoms with E-state index in [1.807, 2.05) is 43.5 Å². The number of nitrogen functional groups attached to an aromatic ring is 1. The molecule has 6 nitrogen and oxygen atoms in total. The second kappa shape index (κ2) is 6.21. The van der Waals surface area contributed by atoms with Crippen molar-refractivity contribution in [2.45, 2.75) is 19.9 Å². The third-order valence-corrected chi connectivity index (χ3v) is 4.51. The van der Waals surface area contributed by atoms with Crippen molar-refractivity contribution in [2.75, 3.05) is 5.73 Å². The molecule has 0 spiro atoms. The number of hydrogen-bond acceptors (Lipinski definition) is 5. The van der Waals surface area contributed by atoms with Gasteiger partial charge in [-0.05, 0) is 31.5 Å². The summed E-state index contributed by atoms with van der Waals surface area (Å²) in [5.41, 5.74) is 8.24. The van der Waals surface area contributed by atoms with Gasteiger partial charge in [0.15, 0.2) is 5.13 Å². The number of nitrogens with zero attached hydrogens (tertiary/aromatic N) is 3. The number of nitrogens with one attached hydrogen (secondary N) is 1. The molecule has 3 aromatic rings. The number of aromatic nitrogens is 3. The summed E-state index contributed by atoms with van der Waals surface area (Å²) in [6.07, 6.45) is 3.60. The molecule has 23 heavy (non-hydrogen) atoms. The van der Waals surface area contributed by atoms with Gasteiger partial charge < -0.3 is 11.1 Å². The zero-order valence-electron chi connectivity index (χ0n) is 12.9. The van der Waals surface area contributed by atoms with Crippen molar-refractivity contribution >= 4 is 22.4 Å². The van der Waals surface area contributed by atoms with Crippen LogP contribution in [0.5, 0.6) is 0 Å². The van der Waals surface area contributed by atoms with E-state index in [0.717, 1.165) is 11.3 Å². The van der Waals surface area contributed by atoms with Crippen LogP contribution in [0.3, 0.4) is 0 Å². The lowest BCUT2D eigenvalue weighted by atomic mass is 10.1. The van der Waals surface area contributed by atoms with Gasteiger partial charge in [-0.2, -0.15) is 5.10 Å². The van der Waals surface area contributed by atoms with E-state index in [9.17, 15) is 4.79 Å². The molecule has 0 saturated carbocycles. The SMILES string of the molecule is Cc1nc(N)sc1C(=O)N[C@@H](C)c1ccccc1-n1cccn1. The van der Waals surface area contributed by atoms with Crippen LogP contribution in [0.1, 0.15) is 33.9 Å². The van der Waals surface area contributed by atoms with Crippen molar-refractivity contribution in [2.24, 2.45) is 0 Å². The van der Waals surface area contributed by atoms with Gasteiger partial charge in [0, 0.05) is 12.4 Å². The lowest BCUT2D eigenvalue weighted by molar-refractivity contribution is 0.0943. The van der Waals surface area contributed by atoms with E-state index in [1.165, 1.54) is 11.3 Å². The summed E-state index contributed by atoms with van der Waals surface area (Å²) < 4.78 is 1.79. The highest BCUT2D eigenvalue weighted by Crippen LogP contribution is 2.24. The number of carbonyl (C=O) groups is 1. The maximum absolute atomic E-state index is 12.4. The van der Waals surface area contributed by atoms with Crippen LogP contribution >= 0.6 is 11.3 Å².